The molecule has 1 aromatic carbocycles. The Morgan fingerprint density at radius 1 is 1.23 bits per heavy atom. The number of halogens is 1. The first-order valence-electron chi connectivity index (χ1n) is 12.1. The van der Waals surface area contributed by atoms with E-state index in [0.29, 0.717) is 48.3 Å². The standard InChI is InChI=1S/C25H32ClN5O4/c1-24(2,34)14-31-19-17(35-4)8-7-16(26)18(19)25(22(31)33)9-12-30(13-10-25)23-27-20-15(21(32)28-23)6-5-11-29(20)3/h7-8,34H,5-6,9-14H2,1-4H3,(H,27,28,32). The van der Waals surface area contributed by atoms with Crippen molar-refractivity contribution < 1.29 is 14.6 Å². The van der Waals surface area contributed by atoms with Crippen LogP contribution >= 0.6 is 11.6 Å². The molecule has 0 radical (unpaired) electrons. The van der Waals surface area contributed by atoms with Crippen molar-refractivity contribution in [1.29, 1.82) is 0 Å². The molecule has 0 unspecified atom stereocenters. The highest BCUT2D eigenvalue weighted by atomic mass is 35.5. The molecule has 1 saturated heterocycles. The van der Waals surface area contributed by atoms with Crippen LogP contribution in [0.1, 0.15) is 44.2 Å². The normalized spacial score (nSPS) is 19.3. The zero-order chi connectivity index (χ0) is 25.1. The topological polar surface area (TPSA) is 102 Å². The molecule has 1 aromatic heterocycles. The van der Waals surface area contributed by atoms with E-state index in [-0.39, 0.29) is 18.0 Å². The van der Waals surface area contributed by atoms with Gasteiger partial charge in [-0.25, -0.2) is 0 Å². The lowest BCUT2D eigenvalue weighted by Gasteiger charge is -2.39. The number of amides is 1. The predicted octanol–water partition coefficient (Wildman–Crippen LogP) is 2.47. The van der Waals surface area contributed by atoms with Gasteiger partial charge in [-0.3, -0.25) is 14.6 Å². The minimum atomic E-state index is -1.09. The Hall–Kier alpha value is -2.78. The summed E-state index contributed by atoms with van der Waals surface area (Å²) in [6.07, 6.45) is 2.68. The molecule has 188 valence electrons. The zero-order valence-electron chi connectivity index (χ0n) is 20.7. The quantitative estimate of drug-likeness (QED) is 0.663. The lowest BCUT2D eigenvalue weighted by atomic mass is 9.73. The highest BCUT2D eigenvalue weighted by Crippen LogP contribution is 2.54. The molecule has 1 fully saturated rings. The Labute approximate surface area is 209 Å². The zero-order valence-corrected chi connectivity index (χ0v) is 21.4. The Kier molecular flexibility index (Phi) is 5.75. The van der Waals surface area contributed by atoms with Crippen LogP contribution in [0.15, 0.2) is 16.9 Å². The largest absolute Gasteiger partial charge is 0.495 e. The molecule has 0 saturated carbocycles. The molecule has 1 spiro atoms. The van der Waals surface area contributed by atoms with Crippen LogP contribution in [-0.4, -0.2) is 66.9 Å². The second-order valence-electron chi connectivity index (χ2n) is 10.5. The van der Waals surface area contributed by atoms with Gasteiger partial charge in [-0.05, 0) is 51.7 Å². The fourth-order valence-corrected chi connectivity index (χ4v) is 6.10. The van der Waals surface area contributed by atoms with E-state index in [1.54, 1.807) is 38.0 Å². The number of carbonyl (C=O) groups is 1. The number of hydrogen-bond acceptors (Lipinski definition) is 7. The number of H-pyrrole nitrogens is 1. The number of rotatable bonds is 4. The van der Waals surface area contributed by atoms with Crippen LogP contribution in [0.25, 0.3) is 0 Å². The van der Waals surface area contributed by atoms with Crippen LogP contribution in [0.2, 0.25) is 5.02 Å². The number of ether oxygens (including phenoxy) is 1. The van der Waals surface area contributed by atoms with Gasteiger partial charge >= 0.3 is 0 Å². The maximum atomic E-state index is 14.0. The fourth-order valence-electron chi connectivity index (χ4n) is 5.77. The van der Waals surface area contributed by atoms with Gasteiger partial charge < -0.3 is 24.5 Å². The number of β-amino-alcohol motifs (C(OH)–C–C–N with tert-alkyl or cyclic N) is 1. The maximum absolute atomic E-state index is 14.0. The minimum Gasteiger partial charge on any atom is -0.495 e. The molecule has 1 amide bonds. The van der Waals surface area contributed by atoms with Crippen molar-refractivity contribution in [3.8, 4) is 5.75 Å². The van der Waals surface area contributed by atoms with E-state index in [0.717, 1.165) is 36.3 Å². The van der Waals surface area contributed by atoms with Crippen molar-refractivity contribution in [2.45, 2.75) is 50.5 Å². The number of piperidine rings is 1. The molecule has 35 heavy (non-hydrogen) atoms. The van der Waals surface area contributed by atoms with Gasteiger partial charge in [0.05, 0.1) is 35.9 Å². The number of anilines is 3. The lowest BCUT2D eigenvalue weighted by Crippen LogP contribution is -2.51. The number of methoxy groups -OCH3 is 1. The van der Waals surface area contributed by atoms with E-state index in [4.69, 9.17) is 21.3 Å². The van der Waals surface area contributed by atoms with Crippen molar-refractivity contribution in [3.63, 3.8) is 0 Å². The van der Waals surface area contributed by atoms with Gasteiger partial charge in [0.2, 0.25) is 11.9 Å². The predicted molar refractivity (Wildman–Crippen MR) is 136 cm³/mol. The van der Waals surface area contributed by atoms with Gasteiger partial charge in [-0.2, -0.15) is 4.98 Å². The van der Waals surface area contributed by atoms with Gasteiger partial charge in [0.25, 0.3) is 5.56 Å². The highest BCUT2D eigenvalue weighted by molar-refractivity contribution is 6.33. The molecule has 2 aromatic rings. The van der Waals surface area contributed by atoms with Crippen molar-refractivity contribution >= 4 is 35.0 Å². The van der Waals surface area contributed by atoms with Gasteiger partial charge in [-0.15, -0.1) is 0 Å². The number of fused-ring (bicyclic) bond motifs is 3. The molecule has 3 aliphatic rings. The number of nitrogens with one attached hydrogen (secondary N) is 1. The molecular weight excluding hydrogens is 470 g/mol. The number of aliphatic hydroxyl groups is 1. The van der Waals surface area contributed by atoms with Gasteiger partial charge in [-0.1, -0.05) is 11.6 Å². The van der Waals surface area contributed by atoms with Crippen molar-refractivity contribution in [3.05, 3.63) is 38.6 Å². The van der Waals surface area contributed by atoms with Gasteiger partial charge in [0.15, 0.2) is 0 Å². The lowest BCUT2D eigenvalue weighted by molar-refractivity contribution is -0.124. The van der Waals surface area contributed by atoms with Crippen LogP contribution in [0.5, 0.6) is 5.75 Å². The first-order valence-corrected chi connectivity index (χ1v) is 12.4. The van der Waals surface area contributed by atoms with Crippen LogP contribution < -0.4 is 25.0 Å². The number of aromatic amines is 1. The number of hydrogen-bond donors (Lipinski definition) is 2. The SMILES string of the molecule is COc1ccc(Cl)c2c1N(CC(C)(C)O)C(=O)C21CCN(c2nc3c(c(=O)[nH]2)CCCN3C)CC1. The molecule has 5 rings (SSSR count). The smallest absolute Gasteiger partial charge is 0.257 e. The summed E-state index contributed by atoms with van der Waals surface area (Å²) in [5.41, 5.74) is 0.126. The van der Waals surface area contributed by atoms with E-state index in [2.05, 4.69) is 4.98 Å². The third-order valence-electron chi connectivity index (χ3n) is 7.44. The summed E-state index contributed by atoms with van der Waals surface area (Å²) < 4.78 is 5.61. The number of carbonyl (C=O) groups excluding carboxylic acids is 1. The average Bonchev–Trinajstić information content (AvgIpc) is 3.03. The minimum absolute atomic E-state index is 0.0766. The summed E-state index contributed by atoms with van der Waals surface area (Å²) in [5, 5.41) is 11.1. The fraction of sp³-hybridized carbons (Fsp3) is 0.560. The van der Waals surface area contributed by atoms with Crippen molar-refractivity contribution in [2.24, 2.45) is 0 Å². The van der Waals surface area contributed by atoms with Crippen LogP contribution in [-0.2, 0) is 16.6 Å². The van der Waals surface area contributed by atoms with E-state index in [9.17, 15) is 14.7 Å². The summed E-state index contributed by atoms with van der Waals surface area (Å²) in [6.45, 7) is 5.42. The highest BCUT2D eigenvalue weighted by Gasteiger charge is 2.55. The maximum Gasteiger partial charge on any atom is 0.257 e. The summed E-state index contributed by atoms with van der Waals surface area (Å²) in [5.74, 6) is 1.76. The number of nitrogens with zero attached hydrogens (tertiary/aromatic N) is 4. The van der Waals surface area contributed by atoms with Gasteiger partial charge in [0.1, 0.15) is 11.6 Å². The summed E-state index contributed by atoms with van der Waals surface area (Å²) >= 11 is 6.72. The molecule has 10 heteroatoms. The molecule has 9 nitrogen and oxygen atoms in total. The average molecular weight is 502 g/mol. The Bertz CT molecular complexity index is 1230. The summed E-state index contributed by atoms with van der Waals surface area (Å²) in [7, 11) is 3.53. The third kappa shape index (κ3) is 3.85. The van der Waals surface area contributed by atoms with E-state index in [1.165, 1.54) is 0 Å². The molecule has 0 atom stereocenters. The molecular formula is C25H32ClN5O4. The molecule has 4 heterocycles. The molecule has 2 N–H and O–H groups in total. The van der Waals surface area contributed by atoms with Crippen LogP contribution in [0.3, 0.4) is 0 Å². The summed E-state index contributed by atoms with van der Waals surface area (Å²) in [6, 6.07) is 3.53. The first-order chi connectivity index (χ1) is 16.6. The first kappa shape index (κ1) is 23.9. The van der Waals surface area contributed by atoms with Crippen LogP contribution in [0.4, 0.5) is 17.5 Å². The second kappa shape index (κ2) is 8.41. The number of aromatic nitrogens is 2. The van der Waals surface area contributed by atoms with Gasteiger partial charge in [0, 0.05) is 37.3 Å². The monoisotopic (exact) mass is 501 g/mol. The van der Waals surface area contributed by atoms with E-state index in [1.807, 2.05) is 16.8 Å². The van der Waals surface area contributed by atoms with Crippen molar-refractivity contribution in [2.75, 3.05) is 55.0 Å². The Morgan fingerprint density at radius 3 is 2.60 bits per heavy atom. The molecule has 0 aliphatic carbocycles. The Morgan fingerprint density at radius 2 is 1.94 bits per heavy atom. The third-order valence-corrected chi connectivity index (χ3v) is 7.75. The van der Waals surface area contributed by atoms with Crippen molar-refractivity contribution in [1.82, 2.24) is 9.97 Å². The Balaban J connectivity index is 1.50. The van der Waals surface area contributed by atoms with E-state index >= 15 is 0 Å². The number of benzene rings is 1. The molecule has 3 aliphatic heterocycles. The summed E-state index contributed by atoms with van der Waals surface area (Å²) in [4.78, 5) is 40.2. The molecule has 0 bridgehead atoms. The van der Waals surface area contributed by atoms with E-state index < -0.39 is 11.0 Å². The second-order valence-corrected chi connectivity index (χ2v) is 10.9. The van der Waals surface area contributed by atoms with Crippen LogP contribution in [0, 0.1) is 0 Å².